The molecule has 0 radical (unpaired) electrons. The number of piperidine rings is 1. The van der Waals surface area contributed by atoms with E-state index < -0.39 is 0 Å². The molecule has 0 N–H and O–H groups in total. The van der Waals surface area contributed by atoms with Gasteiger partial charge in [0, 0.05) is 11.3 Å². The van der Waals surface area contributed by atoms with Gasteiger partial charge in [0.05, 0.1) is 10.3 Å². The average molecular weight is 392 g/mol. The molecule has 0 saturated carbocycles. The third-order valence-electron chi connectivity index (χ3n) is 4.47. The topological polar surface area (TPSA) is 20.3 Å². The molecule has 1 aromatic carbocycles. The van der Waals surface area contributed by atoms with Crippen LogP contribution in [0.25, 0.3) is 0 Å². The van der Waals surface area contributed by atoms with E-state index in [1.165, 1.54) is 24.8 Å². The van der Waals surface area contributed by atoms with Crippen LogP contribution in [-0.4, -0.2) is 30.3 Å². The highest BCUT2D eigenvalue weighted by Crippen LogP contribution is 2.24. The van der Waals surface area contributed by atoms with E-state index >= 15 is 0 Å². The molecular formula is C19H22BrNOS. The Morgan fingerprint density at radius 1 is 1.13 bits per heavy atom. The SMILES string of the molecule is O=C(Cc1ccc(Br)s1)CN1CCC(Cc2ccccc2)CC1. The molecule has 0 atom stereocenters. The lowest BCUT2D eigenvalue weighted by atomic mass is 9.90. The summed E-state index contributed by atoms with van der Waals surface area (Å²) in [5.41, 5.74) is 1.44. The number of hydrogen-bond donors (Lipinski definition) is 0. The summed E-state index contributed by atoms with van der Waals surface area (Å²) >= 11 is 5.11. The second-order valence-electron chi connectivity index (χ2n) is 6.33. The van der Waals surface area contributed by atoms with Crippen LogP contribution in [0, 0.1) is 5.92 Å². The monoisotopic (exact) mass is 391 g/mol. The molecule has 2 aromatic rings. The Morgan fingerprint density at radius 2 is 1.87 bits per heavy atom. The van der Waals surface area contributed by atoms with Gasteiger partial charge in [-0.3, -0.25) is 9.69 Å². The molecule has 4 heteroatoms. The van der Waals surface area contributed by atoms with E-state index in [9.17, 15) is 4.79 Å². The van der Waals surface area contributed by atoms with Crippen molar-refractivity contribution in [2.24, 2.45) is 5.92 Å². The first-order valence-electron chi connectivity index (χ1n) is 8.21. The fraction of sp³-hybridized carbons (Fsp3) is 0.421. The number of nitrogens with zero attached hydrogens (tertiary/aromatic N) is 1. The van der Waals surface area contributed by atoms with Crippen molar-refractivity contribution in [1.82, 2.24) is 4.90 Å². The van der Waals surface area contributed by atoms with Crippen LogP contribution >= 0.6 is 27.3 Å². The van der Waals surface area contributed by atoms with Gasteiger partial charge in [-0.1, -0.05) is 30.3 Å². The van der Waals surface area contributed by atoms with Gasteiger partial charge in [-0.15, -0.1) is 11.3 Å². The summed E-state index contributed by atoms with van der Waals surface area (Å²) in [5.74, 6) is 1.10. The molecule has 1 aliphatic rings. The number of benzene rings is 1. The average Bonchev–Trinajstić information content (AvgIpc) is 2.95. The second kappa shape index (κ2) is 8.22. The molecule has 1 aliphatic heterocycles. The molecule has 2 heterocycles. The second-order valence-corrected chi connectivity index (χ2v) is 8.88. The first-order chi connectivity index (χ1) is 11.2. The van der Waals surface area contributed by atoms with Crippen molar-refractivity contribution in [3.05, 3.63) is 56.7 Å². The van der Waals surface area contributed by atoms with Crippen LogP contribution in [0.5, 0.6) is 0 Å². The predicted molar refractivity (Wildman–Crippen MR) is 100 cm³/mol. The van der Waals surface area contributed by atoms with E-state index in [-0.39, 0.29) is 0 Å². The minimum absolute atomic E-state index is 0.334. The first kappa shape index (κ1) is 16.9. The molecule has 122 valence electrons. The zero-order valence-electron chi connectivity index (χ0n) is 13.2. The quantitative estimate of drug-likeness (QED) is 0.718. The van der Waals surface area contributed by atoms with Crippen LogP contribution in [0.15, 0.2) is 46.3 Å². The van der Waals surface area contributed by atoms with E-state index in [2.05, 4.69) is 51.2 Å². The number of halogens is 1. The standard InChI is InChI=1S/C19H22BrNOS/c20-19-7-6-18(23-19)13-17(22)14-21-10-8-16(9-11-21)12-15-4-2-1-3-5-15/h1-7,16H,8-14H2. The smallest absolute Gasteiger partial charge is 0.152 e. The number of carbonyl (C=O) groups is 1. The molecule has 1 saturated heterocycles. The zero-order valence-corrected chi connectivity index (χ0v) is 15.6. The maximum atomic E-state index is 12.2. The summed E-state index contributed by atoms with van der Waals surface area (Å²) in [6.45, 7) is 2.71. The summed E-state index contributed by atoms with van der Waals surface area (Å²) in [5, 5.41) is 0. The molecule has 0 amide bonds. The number of likely N-dealkylation sites (tertiary alicyclic amines) is 1. The van der Waals surface area contributed by atoms with Crippen LogP contribution in [0.3, 0.4) is 0 Å². The van der Waals surface area contributed by atoms with Gasteiger partial charge in [-0.25, -0.2) is 0 Å². The summed E-state index contributed by atoms with van der Waals surface area (Å²) in [7, 11) is 0. The van der Waals surface area contributed by atoms with Gasteiger partial charge in [0.15, 0.2) is 5.78 Å². The van der Waals surface area contributed by atoms with E-state index in [0.29, 0.717) is 18.7 Å². The molecule has 0 aliphatic carbocycles. The number of thiophene rings is 1. The Kier molecular flexibility index (Phi) is 6.03. The fourth-order valence-electron chi connectivity index (χ4n) is 3.24. The number of carbonyl (C=O) groups excluding carboxylic acids is 1. The Hall–Kier alpha value is -0.970. The summed E-state index contributed by atoms with van der Waals surface area (Å²) in [4.78, 5) is 15.7. The highest BCUT2D eigenvalue weighted by Gasteiger charge is 2.21. The first-order valence-corrected chi connectivity index (χ1v) is 9.82. The van der Waals surface area contributed by atoms with Crippen molar-refractivity contribution in [1.29, 1.82) is 0 Å². The zero-order chi connectivity index (χ0) is 16.1. The third kappa shape index (κ3) is 5.27. The highest BCUT2D eigenvalue weighted by molar-refractivity contribution is 9.11. The van der Waals surface area contributed by atoms with Crippen LogP contribution < -0.4 is 0 Å². The van der Waals surface area contributed by atoms with E-state index in [1.807, 2.05) is 12.1 Å². The van der Waals surface area contributed by atoms with Crippen molar-refractivity contribution < 1.29 is 4.79 Å². The fourth-order valence-corrected chi connectivity index (χ4v) is 4.75. The lowest BCUT2D eigenvalue weighted by Gasteiger charge is -2.31. The van der Waals surface area contributed by atoms with Gasteiger partial charge in [0.25, 0.3) is 0 Å². The van der Waals surface area contributed by atoms with Gasteiger partial charge < -0.3 is 0 Å². The van der Waals surface area contributed by atoms with Gasteiger partial charge in [-0.05, 0) is 71.9 Å². The largest absolute Gasteiger partial charge is 0.298 e. The number of rotatable bonds is 6. The minimum atomic E-state index is 0.334. The maximum absolute atomic E-state index is 12.2. The molecule has 1 fully saturated rings. The minimum Gasteiger partial charge on any atom is -0.298 e. The van der Waals surface area contributed by atoms with E-state index in [4.69, 9.17) is 0 Å². The van der Waals surface area contributed by atoms with E-state index in [1.54, 1.807) is 11.3 Å². The number of hydrogen-bond acceptors (Lipinski definition) is 3. The van der Waals surface area contributed by atoms with Crippen LogP contribution in [0.4, 0.5) is 0 Å². The van der Waals surface area contributed by atoms with Gasteiger partial charge >= 0.3 is 0 Å². The summed E-state index contributed by atoms with van der Waals surface area (Å²) in [6.07, 6.45) is 4.14. The normalized spacial score (nSPS) is 16.6. The van der Waals surface area contributed by atoms with Gasteiger partial charge in [-0.2, -0.15) is 0 Å². The molecule has 0 spiro atoms. The van der Waals surface area contributed by atoms with Crippen molar-refractivity contribution in [3.8, 4) is 0 Å². The molecule has 2 nitrogen and oxygen atoms in total. The molecule has 23 heavy (non-hydrogen) atoms. The Morgan fingerprint density at radius 3 is 2.52 bits per heavy atom. The Bertz CT molecular complexity index is 632. The highest BCUT2D eigenvalue weighted by atomic mass is 79.9. The van der Waals surface area contributed by atoms with Crippen LogP contribution in [-0.2, 0) is 17.6 Å². The van der Waals surface area contributed by atoms with Crippen molar-refractivity contribution in [3.63, 3.8) is 0 Å². The van der Waals surface area contributed by atoms with Crippen molar-refractivity contribution in [2.45, 2.75) is 25.7 Å². The summed E-state index contributed by atoms with van der Waals surface area (Å²) < 4.78 is 1.10. The number of ketones is 1. The number of Topliss-reactive ketones (excluding diaryl/α,β-unsaturated/α-hetero) is 1. The predicted octanol–water partition coefficient (Wildman–Crippen LogP) is 4.58. The van der Waals surface area contributed by atoms with Gasteiger partial charge in [0.1, 0.15) is 0 Å². The maximum Gasteiger partial charge on any atom is 0.152 e. The lowest BCUT2D eigenvalue weighted by Crippen LogP contribution is -2.38. The van der Waals surface area contributed by atoms with Gasteiger partial charge in [0.2, 0.25) is 0 Å². The van der Waals surface area contributed by atoms with Crippen LogP contribution in [0.1, 0.15) is 23.3 Å². The van der Waals surface area contributed by atoms with Crippen molar-refractivity contribution in [2.75, 3.05) is 19.6 Å². The molecular weight excluding hydrogens is 370 g/mol. The molecule has 3 rings (SSSR count). The van der Waals surface area contributed by atoms with Crippen LogP contribution in [0.2, 0.25) is 0 Å². The van der Waals surface area contributed by atoms with E-state index in [0.717, 1.165) is 27.7 Å². The molecule has 1 aromatic heterocycles. The molecule has 0 bridgehead atoms. The lowest BCUT2D eigenvalue weighted by molar-refractivity contribution is -0.119. The van der Waals surface area contributed by atoms with Crippen molar-refractivity contribution >= 4 is 33.0 Å². The third-order valence-corrected chi connectivity index (χ3v) is 6.10. The molecule has 0 unspecified atom stereocenters. The Labute approximate surface area is 150 Å². The Balaban J connectivity index is 1.41. The summed E-state index contributed by atoms with van der Waals surface area (Å²) in [6, 6.07) is 14.8.